The van der Waals surface area contributed by atoms with Crippen LogP contribution >= 0.6 is 11.8 Å². The number of ether oxygens (including phenoxy) is 3. The lowest BCUT2D eigenvalue weighted by atomic mass is 10.0. The molecule has 2 unspecified atom stereocenters. The van der Waals surface area contributed by atoms with Crippen molar-refractivity contribution >= 4 is 17.5 Å². The Balaban J connectivity index is 1.88. The molecule has 6 nitrogen and oxygen atoms in total. The van der Waals surface area contributed by atoms with Crippen LogP contribution in [0.4, 0.5) is 0 Å². The molecular formula is C19H22N2O4S. The minimum absolute atomic E-state index is 0.0991. The fraction of sp³-hybridized carbons (Fsp3) is 0.316. The van der Waals surface area contributed by atoms with E-state index in [-0.39, 0.29) is 11.4 Å². The van der Waals surface area contributed by atoms with Crippen molar-refractivity contribution < 1.29 is 19.4 Å². The number of methoxy groups -OCH3 is 3. The zero-order valence-electron chi connectivity index (χ0n) is 14.9. The predicted octanol–water partition coefficient (Wildman–Crippen LogP) is 3.29. The molecule has 1 aliphatic rings. The van der Waals surface area contributed by atoms with E-state index in [0.29, 0.717) is 28.5 Å². The first kappa shape index (κ1) is 18.4. The Morgan fingerprint density at radius 1 is 1.08 bits per heavy atom. The third-order valence-electron chi connectivity index (χ3n) is 4.28. The number of benzene rings is 2. The van der Waals surface area contributed by atoms with Crippen molar-refractivity contribution in [3.05, 3.63) is 53.6 Å². The highest BCUT2D eigenvalue weighted by Gasteiger charge is 2.31. The van der Waals surface area contributed by atoms with Crippen LogP contribution in [0.1, 0.15) is 16.5 Å². The summed E-state index contributed by atoms with van der Waals surface area (Å²) in [6.07, 6.45) is 0. The van der Waals surface area contributed by atoms with Gasteiger partial charge >= 0.3 is 0 Å². The van der Waals surface area contributed by atoms with Crippen LogP contribution in [0, 0.1) is 0 Å². The van der Waals surface area contributed by atoms with Gasteiger partial charge in [-0.25, -0.2) is 0 Å². The van der Waals surface area contributed by atoms with E-state index in [4.69, 9.17) is 14.2 Å². The summed E-state index contributed by atoms with van der Waals surface area (Å²) in [5.41, 5.74) is 2.45. The Hall–Kier alpha value is -2.38. The molecule has 1 aliphatic heterocycles. The molecule has 3 rings (SSSR count). The molecule has 0 aromatic heterocycles. The lowest BCUT2D eigenvalue weighted by Crippen LogP contribution is -2.35. The van der Waals surface area contributed by atoms with Gasteiger partial charge in [0, 0.05) is 11.3 Å². The van der Waals surface area contributed by atoms with E-state index >= 15 is 0 Å². The van der Waals surface area contributed by atoms with Crippen molar-refractivity contribution in [1.29, 1.82) is 0 Å². The molecule has 0 bridgehead atoms. The van der Waals surface area contributed by atoms with E-state index in [2.05, 4.69) is 22.6 Å². The molecule has 0 amide bonds. The van der Waals surface area contributed by atoms with Crippen molar-refractivity contribution in [2.75, 3.05) is 27.1 Å². The van der Waals surface area contributed by atoms with Gasteiger partial charge in [0.2, 0.25) is 5.75 Å². The van der Waals surface area contributed by atoms with Gasteiger partial charge in [-0.15, -0.1) is 11.8 Å². The van der Waals surface area contributed by atoms with Gasteiger partial charge in [-0.2, -0.15) is 0 Å². The summed E-state index contributed by atoms with van der Waals surface area (Å²) < 4.78 is 16.2. The first-order valence-electron chi connectivity index (χ1n) is 8.16. The summed E-state index contributed by atoms with van der Waals surface area (Å²) in [6.45, 7) is 0. The van der Waals surface area contributed by atoms with Crippen LogP contribution < -0.4 is 19.5 Å². The van der Waals surface area contributed by atoms with Crippen molar-refractivity contribution in [3.63, 3.8) is 0 Å². The quantitative estimate of drug-likeness (QED) is 0.459. The van der Waals surface area contributed by atoms with E-state index in [0.717, 1.165) is 5.75 Å². The molecule has 0 aliphatic carbocycles. The van der Waals surface area contributed by atoms with Gasteiger partial charge in [0.05, 0.1) is 32.7 Å². The van der Waals surface area contributed by atoms with Crippen LogP contribution in [-0.2, 0) is 0 Å². The molecular weight excluding hydrogens is 352 g/mol. The maximum absolute atomic E-state index is 9.68. The topological polar surface area (TPSA) is 72.3 Å². The molecule has 2 aromatic carbocycles. The van der Waals surface area contributed by atoms with Gasteiger partial charge in [0.25, 0.3) is 0 Å². The molecule has 26 heavy (non-hydrogen) atoms. The number of nitrogens with one attached hydrogen (secondary N) is 1. The monoisotopic (exact) mass is 374 g/mol. The number of rotatable bonds is 6. The number of thioether (sulfide) groups is 1. The van der Waals surface area contributed by atoms with Gasteiger partial charge < -0.3 is 19.4 Å². The maximum Gasteiger partial charge on any atom is 0.203 e. The van der Waals surface area contributed by atoms with Crippen LogP contribution in [0.2, 0.25) is 0 Å². The average Bonchev–Trinajstić information content (AvgIpc) is 3.18. The van der Waals surface area contributed by atoms with Crippen molar-refractivity contribution in [2.45, 2.75) is 11.4 Å². The second-order valence-electron chi connectivity index (χ2n) is 5.74. The summed E-state index contributed by atoms with van der Waals surface area (Å²) in [7, 11) is 4.68. The first-order chi connectivity index (χ1) is 12.7. The Morgan fingerprint density at radius 2 is 1.73 bits per heavy atom. The Kier molecular flexibility index (Phi) is 5.90. The maximum atomic E-state index is 9.68. The third-order valence-corrected chi connectivity index (χ3v) is 5.55. The van der Waals surface area contributed by atoms with Crippen LogP contribution in [0.5, 0.6) is 17.2 Å². The second kappa shape index (κ2) is 8.33. The smallest absolute Gasteiger partial charge is 0.203 e. The Labute approximate surface area is 157 Å². The molecule has 2 N–H and O–H groups in total. The van der Waals surface area contributed by atoms with E-state index in [1.807, 2.05) is 18.2 Å². The highest BCUT2D eigenvalue weighted by Crippen LogP contribution is 2.40. The van der Waals surface area contributed by atoms with Crippen LogP contribution in [0.15, 0.2) is 47.6 Å². The second-order valence-corrected chi connectivity index (χ2v) is 6.88. The summed E-state index contributed by atoms with van der Waals surface area (Å²) in [4.78, 5) is 0. The number of oxime groups is 1. The molecule has 0 radical (unpaired) electrons. The van der Waals surface area contributed by atoms with E-state index in [9.17, 15) is 5.21 Å². The predicted molar refractivity (Wildman–Crippen MR) is 103 cm³/mol. The summed E-state index contributed by atoms with van der Waals surface area (Å²) in [6, 6.07) is 13.7. The fourth-order valence-electron chi connectivity index (χ4n) is 3.01. The van der Waals surface area contributed by atoms with E-state index < -0.39 is 0 Å². The van der Waals surface area contributed by atoms with Crippen LogP contribution in [-0.4, -0.2) is 44.0 Å². The Morgan fingerprint density at radius 3 is 2.27 bits per heavy atom. The van der Waals surface area contributed by atoms with Crippen LogP contribution in [0.3, 0.4) is 0 Å². The van der Waals surface area contributed by atoms with E-state index in [1.165, 1.54) is 5.56 Å². The van der Waals surface area contributed by atoms with Crippen molar-refractivity contribution in [1.82, 2.24) is 5.32 Å². The third kappa shape index (κ3) is 3.59. The molecule has 1 heterocycles. The molecule has 0 spiro atoms. The van der Waals surface area contributed by atoms with E-state index in [1.54, 1.807) is 45.2 Å². The first-order valence-corrected chi connectivity index (χ1v) is 9.21. The summed E-state index contributed by atoms with van der Waals surface area (Å²) >= 11 is 1.78. The Bertz CT molecular complexity index is 757. The highest BCUT2D eigenvalue weighted by molar-refractivity contribution is 7.99. The molecule has 7 heteroatoms. The molecule has 2 atom stereocenters. The van der Waals surface area contributed by atoms with Gasteiger partial charge in [0.15, 0.2) is 11.5 Å². The van der Waals surface area contributed by atoms with Gasteiger partial charge in [0.1, 0.15) is 5.71 Å². The van der Waals surface area contributed by atoms with Crippen molar-refractivity contribution in [2.24, 2.45) is 5.16 Å². The van der Waals surface area contributed by atoms with Gasteiger partial charge in [-0.1, -0.05) is 35.5 Å². The van der Waals surface area contributed by atoms with Gasteiger partial charge in [-0.3, -0.25) is 5.32 Å². The summed E-state index contributed by atoms with van der Waals surface area (Å²) in [5.74, 6) is 2.34. The standard InChI is InChI=1S/C19H22N2O4S/c1-23-15-9-13(10-16(24-2)18(15)25-3)17(21-22)14-11-26-19(20-14)12-7-5-4-6-8-12/h4-10,14,19-20,22H,11H2,1-3H3. The zero-order valence-corrected chi connectivity index (χ0v) is 15.7. The average molecular weight is 374 g/mol. The highest BCUT2D eigenvalue weighted by atomic mass is 32.2. The normalized spacial score (nSPS) is 20.0. The minimum Gasteiger partial charge on any atom is -0.493 e. The fourth-order valence-corrected chi connectivity index (χ4v) is 4.26. The van der Waals surface area contributed by atoms with Crippen LogP contribution in [0.25, 0.3) is 0 Å². The largest absolute Gasteiger partial charge is 0.493 e. The molecule has 138 valence electrons. The molecule has 1 fully saturated rings. The lowest BCUT2D eigenvalue weighted by Gasteiger charge is -2.18. The van der Waals surface area contributed by atoms with Crippen molar-refractivity contribution in [3.8, 4) is 17.2 Å². The summed E-state index contributed by atoms with van der Waals surface area (Å²) in [5, 5.41) is 16.9. The SMILES string of the molecule is COc1cc(C(=NO)C2CSC(c3ccccc3)N2)cc(OC)c1OC. The van der Waals surface area contributed by atoms with Gasteiger partial charge in [-0.05, 0) is 17.7 Å². The number of hydrogen-bond donors (Lipinski definition) is 2. The molecule has 0 saturated carbocycles. The number of hydrogen-bond acceptors (Lipinski definition) is 7. The number of nitrogens with zero attached hydrogens (tertiary/aromatic N) is 1. The zero-order chi connectivity index (χ0) is 18.5. The molecule has 2 aromatic rings. The lowest BCUT2D eigenvalue weighted by molar-refractivity contribution is 0.315. The molecule has 1 saturated heterocycles. The minimum atomic E-state index is -0.0991.